The topological polar surface area (TPSA) is 64.1 Å². The van der Waals surface area contributed by atoms with Crippen molar-refractivity contribution in [1.82, 2.24) is 15.5 Å². The van der Waals surface area contributed by atoms with Gasteiger partial charge < -0.3 is 14.3 Å². The van der Waals surface area contributed by atoms with E-state index in [4.69, 9.17) is 8.94 Å². The van der Waals surface area contributed by atoms with E-state index in [1.54, 1.807) is 0 Å². The quantitative estimate of drug-likeness (QED) is 0.752. The largest absolute Gasteiger partial charge is 0.453 e. The fourth-order valence-electron chi connectivity index (χ4n) is 2.44. The first-order valence-corrected chi connectivity index (χ1v) is 7.29. The van der Waals surface area contributed by atoms with Crippen LogP contribution >= 0.6 is 0 Å². The first-order chi connectivity index (χ1) is 10.3. The maximum Gasteiger partial charge on any atom is 0.238 e. The molecule has 0 spiro atoms. The number of aromatic nitrogens is 2. The number of nitrogens with one attached hydrogen (secondary N) is 1. The van der Waals surface area contributed by atoms with Crippen molar-refractivity contribution < 1.29 is 8.94 Å². The predicted molar refractivity (Wildman–Crippen MR) is 81.0 cm³/mol. The number of fused-ring (bicyclic) bond motifs is 1. The second kappa shape index (κ2) is 6.10. The first-order valence-electron chi connectivity index (χ1n) is 7.29. The van der Waals surface area contributed by atoms with Crippen LogP contribution in [0.15, 0.2) is 39.3 Å². The molecule has 1 aromatic carbocycles. The highest BCUT2D eigenvalue weighted by molar-refractivity contribution is 5.81. The standard InChI is InChI=1S/C16H19N3O2/c1-3-6-12(17-2)10-15-18-16(19-21-15)14-9-11-7-4-5-8-13(11)20-14/h4-5,7-9,12,17H,3,6,10H2,1-2H3. The molecular formula is C16H19N3O2. The van der Waals surface area contributed by atoms with Gasteiger partial charge in [-0.2, -0.15) is 4.98 Å². The Bertz CT molecular complexity index is 684. The molecule has 2 heterocycles. The summed E-state index contributed by atoms with van der Waals surface area (Å²) < 4.78 is 11.1. The summed E-state index contributed by atoms with van der Waals surface area (Å²) in [4.78, 5) is 4.43. The Morgan fingerprint density at radius 2 is 2.14 bits per heavy atom. The number of likely N-dealkylation sites (N-methyl/N-ethyl adjacent to an activating group) is 1. The molecule has 0 saturated heterocycles. The smallest absolute Gasteiger partial charge is 0.238 e. The highest BCUT2D eigenvalue weighted by atomic mass is 16.5. The maximum atomic E-state index is 5.75. The van der Waals surface area contributed by atoms with Crippen molar-refractivity contribution in [2.45, 2.75) is 32.2 Å². The number of hydrogen-bond acceptors (Lipinski definition) is 5. The normalized spacial score (nSPS) is 12.9. The fourth-order valence-corrected chi connectivity index (χ4v) is 2.44. The summed E-state index contributed by atoms with van der Waals surface area (Å²) in [5, 5.41) is 8.33. The molecule has 0 aliphatic heterocycles. The highest BCUT2D eigenvalue weighted by Gasteiger charge is 2.16. The van der Waals surface area contributed by atoms with Gasteiger partial charge in [0.05, 0.1) is 0 Å². The average Bonchev–Trinajstić information content (AvgIpc) is 3.12. The third-order valence-electron chi connectivity index (χ3n) is 3.58. The van der Waals surface area contributed by atoms with Crippen molar-refractivity contribution in [3.8, 4) is 11.6 Å². The maximum absolute atomic E-state index is 5.75. The van der Waals surface area contributed by atoms with E-state index in [1.807, 2.05) is 37.4 Å². The lowest BCUT2D eigenvalue weighted by molar-refractivity contribution is 0.355. The molecule has 0 bridgehead atoms. The van der Waals surface area contributed by atoms with E-state index in [-0.39, 0.29) is 0 Å². The van der Waals surface area contributed by atoms with E-state index < -0.39 is 0 Å². The number of furan rings is 1. The minimum atomic E-state index is 0.360. The molecule has 0 aliphatic carbocycles. The summed E-state index contributed by atoms with van der Waals surface area (Å²) in [5.74, 6) is 1.79. The molecule has 0 fully saturated rings. The van der Waals surface area contributed by atoms with Crippen LogP contribution < -0.4 is 5.32 Å². The summed E-state index contributed by atoms with van der Waals surface area (Å²) in [6, 6.07) is 10.1. The monoisotopic (exact) mass is 285 g/mol. The molecule has 0 aliphatic rings. The number of nitrogens with zero attached hydrogens (tertiary/aromatic N) is 2. The lowest BCUT2D eigenvalue weighted by Crippen LogP contribution is -2.27. The molecule has 1 N–H and O–H groups in total. The first kappa shape index (κ1) is 13.8. The molecule has 3 rings (SSSR count). The van der Waals surface area contributed by atoms with Crippen molar-refractivity contribution in [2.24, 2.45) is 0 Å². The zero-order valence-electron chi connectivity index (χ0n) is 12.3. The van der Waals surface area contributed by atoms with Gasteiger partial charge in [0.2, 0.25) is 11.7 Å². The molecule has 0 amide bonds. The van der Waals surface area contributed by atoms with Gasteiger partial charge in [0, 0.05) is 17.8 Å². The van der Waals surface area contributed by atoms with Crippen molar-refractivity contribution >= 4 is 11.0 Å². The van der Waals surface area contributed by atoms with E-state index in [0.717, 1.165) is 30.2 Å². The van der Waals surface area contributed by atoms with Gasteiger partial charge in [-0.3, -0.25) is 0 Å². The zero-order valence-corrected chi connectivity index (χ0v) is 12.3. The Morgan fingerprint density at radius 1 is 1.29 bits per heavy atom. The van der Waals surface area contributed by atoms with Crippen molar-refractivity contribution in [2.75, 3.05) is 7.05 Å². The van der Waals surface area contributed by atoms with Crippen LogP contribution in [-0.4, -0.2) is 23.2 Å². The van der Waals surface area contributed by atoms with Gasteiger partial charge in [-0.1, -0.05) is 36.7 Å². The molecule has 110 valence electrons. The minimum Gasteiger partial charge on any atom is -0.453 e. The predicted octanol–water partition coefficient (Wildman–Crippen LogP) is 3.41. The van der Waals surface area contributed by atoms with E-state index in [1.165, 1.54) is 0 Å². The third-order valence-corrected chi connectivity index (χ3v) is 3.58. The molecule has 0 radical (unpaired) electrons. The lowest BCUT2D eigenvalue weighted by atomic mass is 10.1. The molecule has 21 heavy (non-hydrogen) atoms. The molecular weight excluding hydrogens is 266 g/mol. The van der Waals surface area contributed by atoms with Crippen molar-refractivity contribution in [3.05, 3.63) is 36.2 Å². The van der Waals surface area contributed by atoms with Crippen LogP contribution in [0.4, 0.5) is 0 Å². The molecule has 1 atom stereocenters. The Kier molecular flexibility index (Phi) is 4.01. The van der Waals surface area contributed by atoms with Gasteiger partial charge in [-0.15, -0.1) is 0 Å². The second-order valence-corrected chi connectivity index (χ2v) is 5.14. The summed E-state index contributed by atoms with van der Waals surface area (Å²) in [6.07, 6.45) is 2.94. The Morgan fingerprint density at radius 3 is 2.90 bits per heavy atom. The molecule has 2 aromatic heterocycles. The van der Waals surface area contributed by atoms with Crippen LogP contribution in [0.2, 0.25) is 0 Å². The van der Waals surface area contributed by atoms with Gasteiger partial charge in [0.1, 0.15) is 5.58 Å². The van der Waals surface area contributed by atoms with Gasteiger partial charge in [0.25, 0.3) is 0 Å². The van der Waals surface area contributed by atoms with Crippen LogP contribution in [-0.2, 0) is 6.42 Å². The number of hydrogen-bond donors (Lipinski definition) is 1. The van der Waals surface area contributed by atoms with Gasteiger partial charge in [-0.05, 0) is 25.6 Å². The molecule has 1 unspecified atom stereocenters. The van der Waals surface area contributed by atoms with Crippen molar-refractivity contribution in [1.29, 1.82) is 0 Å². The van der Waals surface area contributed by atoms with E-state index in [2.05, 4.69) is 22.4 Å². The SMILES string of the molecule is CCCC(Cc1nc(-c2cc3ccccc3o2)no1)NC. The number of para-hydroxylation sites is 1. The van der Waals surface area contributed by atoms with Gasteiger partial charge >= 0.3 is 0 Å². The van der Waals surface area contributed by atoms with Crippen LogP contribution in [0.1, 0.15) is 25.7 Å². The zero-order chi connectivity index (χ0) is 14.7. The lowest BCUT2D eigenvalue weighted by Gasteiger charge is -2.11. The Balaban J connectivity index is 1.80. The summed E-state index contributed by atoms with van der Waals surface area (Å²) >= 11 is 0. The molecule has 5 heteroatoms. The van der Waals surface area contributed by atoms with Crippen molar-refractivity contribution in [3.63, 3.8) is 0 Å². The second-order valence-electron chi connectivity index (χ2n) is 5.14. The van der Waals surface area contributed by atoms with Crippen LogP contribution in [0, 0.1) is 0 Å². The van der Waals surface area contributed by atoms with Gasteiger partial charge in [0.15, 0.2) is 5.76 Å². The Hall–Kier alpha value is -2.14. The fraction of sp³-hybridized carbons (Fsp3) is 0.375. The summed E-state index contributed by atoms with van der Waals surface area (Å²) in [5.41, 5.74) is 0.831. The Labute approximate surface area is 123 Å². The number of rotatable bonds is 6. The minimum absolute atomic E-state index is 0.360. The number of benzene rings is 1. The summed E-state index contributed by atoms with van der Waals surface area (Å²) in [6.45, 7) is 2.16. The highest BCUT2D eigenvalue weighted by Crippen LogP contribution is 2.25. The molecule has 0 saturated carbocycles. The van der Waals surface area contributed by atoms with Crippen LogP contribution in [0.5, 0.6) is 0 Å². The van der Waals surface area contributed by atoms with E-state index in [9.17, 15) is 0 Å². The summed E-state index contributed by atoms with van der Waals surface area (Å²) in [7, 11) is 1.96. The van der Waals surface area contributed by atoms with Gasteiger partial charge in [-0.25, -0.2) is 0 Å². The molecule has 3 aromatic rings. The third kappa shape index (κ3) is 2.97. The van der Waals surface area contributed by atoms with E-state index >= 15 is 0 Å². The molecule has 5 nitrogen and oxygen atoms in total. The average molecular weight is 285 g/mol. The van der Waals surface area contributed by atoms with Crippen LogP contribution in [0.25, 0.3) is 22.6 Å². The van der Waals surface area contributed by atoms with Crippen LogP contribution in [0.3, 0.4) is 0 Å². The van der Waals surface area contributed by atoms with E-state index in [0.29, 0.717) is 23.5 Å².